The fourth-order valence-corrected chi connectivity index (χ4v) is 8.89. The molecule has 42 heavy (non-hydrogen) atoms. The van der Waals surface area contributed by atoms with Gasteiger partial charge in [0.15, 0.2) is 9.84 Å². The van der Waals surface area contributed by atoms with Gasteiger partial charge in [-0.15, -0.1) is 0 Å². The van der Waals surface area contributed by atoms with E-state index in [1.807, 2.05) is 6.07 Å². The maximum absolute atomic E-state index is 13.5. The van der Waals surface area contributed by atoms with Gasteiger partial charge in [0.2, 0.25) is 0 Å². The van der Waals surface area contributed by atoms with Crippen LogP contribution >= 0.6 is 0 Å². The molecular weight excluding hydrogens is 548 g/mol. The number of hydrogen-bond donors (Lipinski definition) is 1. The van der Waals surface area contributed by atoms with Crippen molar-refractivity contribution in [2.45, 2.75) is 127 Å². The van der Waals surface area contributed by atoms with Crippen LogP contribution in [0.4, 0.5) is 0 Å². The quantitative estimate of drug-likeness (QED) is 0.233. The summed E-state index contributed by atoms with van der Waals surface area (Å²) in [6, 6.07) is 8.80. The second kappa shape index (κ2) is 15.0. The molecule has 0 spiro atoms. The van der Waals surface area contributed by atoms with Crippen LogP contribution in [0.25, 0.3) is 0 Å². The lowest BCUT2D eigenvalue weighted by Gasteiger charge is -2.38. The minimum Gasteiger partial charge on any atom is -0.396 e. The van der Waals surface area contributed by atoms with Crippen LogP contribution in [0.1, 0.15) is 85.5 Å². The van der Waals surface area contributed by atoms with Crippen molar-refractivity contribution < 1.29 is 27.7 Å². The Morgan fingerprint density at radius 1 is 0.976 bits per heavy atom. The smallest absolute Gasteiger partial charge is 0.178 e. The van der Waals surface area contributed by atoms with Crippen LogP contribution in [0, 0.1) is 23.7 Å². The van der Waals surface area contributed by atoms with Crippen LogP contribution in [0.3, 0.4) is 0 Å². The Morgan fingerprint density at radius 2 is 1.69 bits per heavy atom. The molecule has 10 atom stereocenters. The average Bonchev–Trinajstić information content (AvgIpc) is 3.46. The average molecular weight is 603 g/mol. The van der Waals surface area contributed by atoms with Crippen LogP contribution in [-0.4, -0.2) is 62.5 Å². The van der Waals surface area contributed by atoms with Gasteiger partial charge in [0.05, 0.1) is 47.3 Å². The summed E-state index contributed by atoms with van der Waals surface area (Å²) in [5, 5.41) is 9.17. The van der Waals surface area contributed by atoms with Gasteiger partial charge in [0.25, 0.3) is 0 Å². The van der Waals surface area contributed by atoms with Gasteiger partial charge >= 0.3 is 0 Å². The fourth-order valence-electron chi connectivity index (χ4n) is 7.11. The van der Waals surface area contributed by atoms with Crippen molar-refractivity contribution in [2.24, 2.45) is 23.7 Å². The summed E-state index contributed by atoms with van der Waals surface area (Å²) in [5.41, 5.74) is 2.23. The molecule has 0 bridgehead atoms. The van der Waals surface area contributed by atoms with E-state index in [9.17, 15) is 8.42 Å². The summed E-state index contributed by atoms with van der Waals surface area (Å²) in [6.07, 6.45) is 7.77. The van der Waals surface area contributed by atoms with Gasteiger partial charge in [0.1, 0.15) is 0 Å². The van der Waals surface area contributed by atoms with Crippen LogP contribution in [0.2, 0.25) is 0 Å². The van der Waals surface area contributed by atoms with Gasteiger partial charge in [0, 0.05) is 18.9 Å². The molecule has 0 amide bonds. The minimum atomic E-state index is -3.46. The van der Waals surface area contributed by atoms with Gasteiger partial charge in [-0.05, 0) is 86.0 Å². The highest BCUT2D eigenvalue weighted by Gasteiger charge is 2.46. The third kappa shape index (κ3) is 8.35. The van der Waals surface area contributed by atoms with Crippen molar-refractivity contribution in [3.05, 3.63) is 54.6 Å². The number of hydrogen-bond acceptors (Lipinski definition) is 6. The molecule has 0 radical (unpaired) electrons. The summed E-state index contributed by atoms with van der Waals surface area (Å²) in [5.74, 6) is 0.944. The number of ether oxygens (including phenoxy) is 3. The van der Waals surface area contributed by atoms with Crippen LogP contribution in [-0.2, 0) is 24.0 Å². The Morgan fingerprint density at radius 3 is 2.38 bits per heavy atom. The van der Waals surface area contributed by atoms with E-state index in [4.69, 9.17) is 19.3 Å². The van der Waals surface area contributed by atoms with Gasteiger partial charge < -0.3 is 19.3 Å². The molecule has 3 unspecified atom stereocenters. The fraction of sp³-hybridized carbons (Fsp3) is 0.714. The molecule has 1 aromatic rings. The van der Waals surface area contributed by atoms with E-state index in [0.29, 0.717) is 23.2 Å². The maximum atomic E-state index is 13.5. The highest BCUT2D eigenvalue weighted by Crippen LogP contribution is 2.43. The Labute approximate surface area is 254 Å². The molecule has 3 heterocycles. The lowest BCUT2D eigenvalue weighted by Crippen LogP contribution is -2.38. The highest BCUT2D eigenvalue weighted by molar-refractivity contribution is 7.91. The molecule has 1 aromatic carbocycles. The molecule has 0 saturated carbocycles. The highest BCUT2D eigenvalue weighted by atomic mass is 32.2. The molecule has 6 nitrogen and oxygen atoms in total. The van der Waals surface area contributed by atoms with E-state index in [2.05, 4.69) is 40.9 Å². The zero-order chi connectivity index (χ0) is 30.4. The molecule has 3 fully saturated rings. The maximum Gasteiger partial charge on any atom is 0.178 e. The summed E-state index contributed by atoms with van der Waals surface area (Å²) >= 11 is 0. The minimum absolute atomic E-state index is 0.0373. The normalized spacial score (nSPS) is 34.6. The van der Waals surface area contributed by atoms with Crippen molar-refractivity contribution in [1.29, 1.82) is 0 Å². The lowest BCUT2D eigenvalue weighted by atomic mass is 9.81. The number of rotatable bonds is 14. The Kier molecular flexibility index (Phi) is 11.9. The molecule has 3 aliphatic heterocycles. The van der Waals surface area contributed by atoms with Crippen LogP contribution < -0.4 is 0 Å². The van der Waals surface area contributed by atoms with E-state index in [-0.39, 0.29) is 60.8 Å². The molecular formula is C35H54O6S. The van der Waals surface area contributed by atoms with Crippen LogP contribution in [0.5, 0.6) is 0 Å². The number of aliphatic hydroxyl groups is 1. The first-order valence-corrected chi connectivity index (χ1v) is 17.9. The molecule has 0 aromatic heterocycles. The third-order valence-electron chi connectivity index (χ3n) is 10.1. The van der Waals surface area contributed by atoms with Crippen molar-refractivity contribution in [2.75, 3.05) is 12.4 Å². The summed E-state index contributed by atoms with van der Waals surface area (Å²) < 4.78 is 46.7. The number of benzene rings is 1. The Hall–Kier alpha value is -1.51. The molecule has 4 rings (SSSR count). The Bertz CT molecular complexity index is 1130. The summed E-state index contributed by atoms with van der Waals surface area (Å²) in [4.78, 5) is 0.377. The summed E-state index contributed by atoms with van der Waals surface area (Å²) in [7, 11) is -3.46. The van der Waals surface area contributed by atoms with E-state index in [1.165, 1.54) is 0 Å². The zero-order valence-corrected chi connectivity index (χ0v) is 27.1. The number of aliphatic hydroxyl groups excluding tert-OH is 1. The van der Waals surface area contributed by atoms with Crippen molar-refractivity contribution >= 4 is 9.84 Å². The number of sulfone groups is 1. The van der Waals surface area contributed by atoms with Crippen molar-refractivity contribution in [3.8, 4) is 0 Å². The first-order chi connectivity index (χ1) is 20.0. The molecule has 3 saturated heterocycles. The van der Waals surface area contributed by atoms with Gasteiger partial charge in [-0.3, -0.25) is 0 Å². The molecule has 0 aliphatic carbocycles. The topological polar surface area (TPSA) is 82.1 Å². The third-order valence-corrected chi connectivity index (χ3v) is 12.0. The molecule has 1 N–H and O–H groups in total. The van der Waals surface area contributed by atoms with E-state index in [0.717, 1.165) is 62.5 Å². The first kappa shape index (κ1) is 33.4. The first-order valence-electron chi connectivity index (χ1n) is 16.2. The second-order valence-electron chi connectivity index (χ2n) is 13.3. The molecule has 7 heteroatoms. The predicted molar refractivity (Wildman–Crippen MR) is 168 cm³/mol. The Balaban J connectivity index is 1.43. The molecule has 236 valence electrons. The van der Waals surface area contributed by atoms with E-state index in [1.54, 1.807) is 24.3 Å². The monoisotopic (exact) mass is 602 g/mol. The van der Waals surface area contributed by atoms with Gasteiger partial charge in [-0.2, -0.15) is 0 Å². The zero-order valence-electron chi connectivity index (χ0n) is 26.2. The van der Waals surface area contributed by atoms with Crippen molar-refractivity contribution in [1.82, 2.24) is 0 Å². The summed E-state index contributed by atoms with van der Waals surface area (Å²) in [6.45, 7) is 17.7. The van der Waals surface area contributed by atoms with Gasteiger partial charge in [-0.25, -0.2) is 8.42 Å². The van der Waals surface area contributed by atoms with E-state index < -0.39 is 9.84 Å². The largest absolute Gasteiger partial charge is 0.396 e. The van der Waals surface area contributed by atoms with Gasteiger partial charge in [-0.1, -0.05) is 65.5 Å². The SMILES string of the molecule is C=C1C[C@H](CCCO)OC1CC[C@H]1C[C@@H](C)C(=C)C(CC2O[C@H](C[C@H](C)CC)[C@H](C)[C@H]2CS(=O)(=O)c2ccccc2)O1. The molecule has 3 aliphatic rings. The predicted octanol–water partition coefficient (Wildman–Crippen LogP) is 6.92. The lowest BCUT2D eigenvalue weighted by molar-refractivity contribution is -0.0737. The van der Waals surface area contributed by atoms with Crippen molar-refractivity contribution in [3.63, 3.8) is 0 Å². The van der Waals surface area contributed by atoms with E-state index >= 15 is 0 Å². The van der Waals surface area contributed by atoms with Crippen LogP contribution in [0.15, 0.2) is 59.5 Å². The second-order valence-corrected chi connectivity index (χ2v) is 15.4. The standard InChI is InChI=1S/C35H54O6S/c1-7-23(2)18-33-27(6)31(22-42(37,38)30-13-9-8-10-14-30)35(41-33)21-34-26(5)24(3)19-29(40-34)15-16-32-25(4)20-28(39-32)12-11-17-36/h8-10,13-14,23-24,27-29,31-36H,4-5,7,11-12,15-22H2,1-3,6H3/t23-,24-,27-,28+,29+,31-,32?,33-,34?,35?/m1/s1.